The van der Waals surface area contributed by atoms with E-state index in [0.29, 0.717) is 36.3 Å². The Kier molecular flexibility index (Phi) is 6.81. The Bertz CT molecular complexity index is 1060. The first-order chi connectivity index (χ1) is 14.9. The van der Waals surface area contributed by atoms with Gasteiger partial charge in [0.25, 0.3) is 5.91 Å². The number of anilines is 1. The molecule has 3 aromatic rings. The molecule has 9 heteroatoms. The van der Waals surface area contributed by atoms with Gasteiger partial charge in [-0.15, -0.1) is 0 Å². The molecule has 0 N–H and O–H groups in total. The zero-order valence-corrected chi connectivity index (χ0v) is 18.6. The van der Waals surface area contributed by atoms with Crippen LogP contribution in [-0.2, 0) is 4.74 Å². The van der Waals surface area contributed by atoms with Gasteiger partial charge in [-0.2, -0.15) is 0 Å². The third-order valence-corrected chi connectivity index (χ3v) is 6.82. The molecule has 0 atom stereocenters. The maximum absolute atomic E-state index is 14.4. The van der Waals surface area contributed by atoms with Gasteiger partial charge >= 0.3 is 0 Å². The number of hydrogen-bond acceptors (Lipinski definition) is 5. The number of rotatable bonds is 6. The maximum atomic E-state index is 14.4. The van der Waals surface area contributed by atoms with E-state index >= 15 is 0 Å². The molecule has 0 bridgehead atoms. The Hall–Kier alpha value is -2.13. The highest BCUT2D eigenvalue weighted by atomic mass is 35.5. The minimum atomic E-state index is -0.890. The van der Waals surface area contributed by atoms with Crippen LogP contribution < -0.4 is 4.90 Å². The summed E-state index contributed by atoms with van der Waals surface area (Å²) in [6.45, 7) is 6.13. The number of amides is 1. The molecule has 5 nitrogen and oxygen atoms in total. The van der Waals surface area contributed by atoms with Crippen molar-refractivity contribution in [3.63, 3.8) is 0 Å². The van der Waals surface area contributed by atoms with E-state index in [0.717, 1.165) is 47.5 Å². The van der Waals surface area contributed by atoms with Crippen molar-refractivity contribution in [3.8, 4) is 0 Å². The summed E-state index contributed by atoms with van der Waals surface area (Å²) >= 11 is 7.64. The van der Waals surface area contributed by atoms with Crippen LogP contribution in [0.15, 0.2) is 30.3 Å². The zero-order chi connectivity index (χ0) is 22.0. The molecule has 1 aromatic heterocycles. The van der Waals surface area contributed by atoms with Crippen LogP contribution in [-0.4, -0.2) is 55.2 Å². The lowest BCUT2D eigenvalue weighted by Gasteiger charge is -2.27. The van der Waals surface area contributed by atoms with Gasteiger partial charge in [-0.05, 0) is 37.1 Å². The van der Waals surface area contributed by atoms with Crippen LogP contribution in [0.4, 0.5) is 13.9 Å². The monoisotopic (exact) mass is 465 g/mol. The number of ether oxygens (including phenoxy) is 1. The molecule has 0 aliphatic carbocycles. The first-order valence-electron chi connectivity index (χ1n) is 10.1. The number of halogens is 3. The largest absolute Gasteiger partial charge is 0.379 e. The lowest BCUT2D eigenvalue weighted by atomic mass is 10.1. The number of morpholine rings is 1. The van der Waals surface area contributed by atoms with E-state index in [1.165, 1.54) is 22.3 Å². The van der Waals surface area contributed by atoms with E-state index < -0.39 is 17.5 Å². The summed E-state index contributed by atoms with van der Waals surface area (Å²) in [6, 6.07) is 6.65. The lowest BCUT2D eigenvalue weighted by molar-refractivity contribution is 0.0376. The van der Waals surface area contributed by atoms with Crippen LogP contribution in [0.25, 0.3) is 10.2 Å². The van der Waals surface area contributed by atoms with Crippen LogP contribution in [0.1, 0.15) is 22.3 Å². The van der Waals surface area contributed by atoms with Crippen molar-refractivity contribution >= 4 is 44.2 Å². The van der Waals surface area contributed by atoms with Crippen LogP contribution in [0.2, 0.25) is 5.02 Å². The molecule has 164 valence electrons. The fraction of sp³-hybridized carbons (Fsp3) is 0.364. The van der Waals surface area contributed by atoms with Crippen LogP contribution in [0.3, 0.4) is 0 Å². The topological polar surface area (TPSA) is 45.7 Å². The standard InChI is InChI=1S/C22H22ClF2N3O2S/c1-14-3-6-17(23)20-19(14)26-22(31-20)28(8-2-7-27-9-11-30-12-10-27)21(29)16-5-4-15(24)13-18(16)25/h3-6,13H,2,7-12H2,1H3. The first-order valence-corrected chi connectivity index (χ1v) is 11.3. The third-order valence-electron chi connectivity index (χ3n) is 5.28. The van der Waals surface area contributed by atoms with Gasteiger partial charge in [-0.1, -0.05) is 29.0 Å². The van der Waals surface area contributed by atoms with Gasteiger partial charge in [-0.3, -0.25) is 14.6 Å². The highest BCUT2D eigenvalue weighted by molar-refractivity contribution is 7.23. The zero-order valence-electron chi connectivity index (χ0n) is 17.0. The average molecular weight is 466 g/mol. The first kappa shape index (κ1) is 22.1. The second kappa shape index (κ2) is 9.56. The summed E-state index contributed by atoms with van der Waals surface area (Å²) < 4.78 is 33.9. The minimum absolute atomic E-state index is 0.185. The molecule has 2 heterocycles. The molecule has 4 rings (SSSR count). The summed E-state index contributed by atoms with van der Waals surface area (Å²) in [5.74, 6) is -2.17. The molecule has 31 heavy (non-hydrogen) atoms. The van der Waals surface area contributed by atoms with E-state index in [4.69, 9.17) is 16.3 Å². The van der Waals surface area contributed by atoms with Crippen molar-refractivity contribution in [1.82, 2.24) is 9.88 Å². The molecule has 1 fully saturated rings. The molecule has 0 saturated carbocycles. The fourth-order valence-corrected chi connectivity index (χ4v) is 4.92. The minimum Gasteiger partial charge on any atom is -0.379 e. The normalized spacial score (nSPS) is 14.8. The average Bonchev–Trinajstić information content (AvgIpc) is 3.21. The number of aryl methyl sites for hydroxylation is 1. The van der Waals surface area contributed by atoms with Crippen LogP contribution in [0.5, 0.6) is 0 Å². The van der Waals surface area contributed by atoms with E-state index in [9.17, 15) is 13.6 Å². The molecule has 0 spiro atoms. The summed E-state index contributed by atoms with van der Waals surface area (Å²) in [5, 5.41) is 1.000. The maximum Gasteiger partial charge on any atom is 0.263 e. The highest BCUT2D eigenvalue weighted by Gasteiger charge is 2.25. The van der Waals surface area contributed by atoms with Gasteiger partial charge in [0.2, 0.25) is 0 Å². The van der Waals surface area contributed by atoms with Gasteiger partial charge in [0.05, 0.1) is 34.0 Å². The Morgan fingerprint density at radius 2 is 2.03 bits per heavy atom. The van der Waals surface area contributed by atoms with Crippen molar-refractivity contribution in [1.29, 1.82) is 0 Å². The van der Waals surface area contributed by atoms with Gasteiger partial charge in [0.1, 0.15) is 11.6 Å². The number of carbonyl (C=O) groups is 1. The predicted octanol–water partition coefficient (Wildman–Crippen LogP) is 4.91. The number of aromatic nitrogens is 1. The molecule has 2 aromatic carbocycles. The summed E-state index contributed by atoms with van der Waals surface area (Å²) in [5.41, 5.74) is 1.48. The van der Waals surface area contributed by atoms with Crippen molar-refractivity contribution < 1.29 is 18.3 Å². The van der Waals surface area contributed by atoms with Gasteiger partial charge in [0.15, 0.2) is 5.13 Å². The second-order valence-corrected chi connectivity index (χ2v) is 8.81. The van der Waals surface area contributed by atoms with Gasteiger partial charge in [0, 0.05) is 32.2 Å². The molecule has 0 radical (unpaired) electrons. The van der Waals surface area contributed by atoms with Gasteiger partial charge in [-0.25, -0.2) is 13.8 Å². The Labute approximate surface area is 188 Å². The Balaban J connectivity index is 1.64. The number of nitrogens with zero attached hydrogens (tertiary/aromatic N) is 3. The number of benzene rings is 2. The number of hydrogen-bond donors (Lipinski definition) is 0. The van der Waals surface area contributed by atoms with E-state index in [1.54, 1.807) is 6.07 Å². The fourth-order valence-electron chi connectivity index (χ4n) is 3.58. The van der Waals surface area contributed by atoms with Crippen molar-refractivity contribution in [3.05, 3.63) is 58.1 Å². The second-order valence-electron chi connectivity index (χ2n) is 7.43. The van der Waals surface area contributed by atoms with E-state index in [1.807, 2.05) is 13.0 Å². The molecular weight excluding hydrogens is 444 g/mol. The number of carbonyl (C=O) groups excluding carboxylic acids is 1. The van der Waals surface area contributed by atoms with Crippen molar-refractivity contribution in [2.75, 3.05) is 44.3 Å². The quantitative estimate of drug-likeness (QED) is 0.519. The van der Waals surface area contributed by atoms with Crippen LogP contribution in [0, 0.1) is 18.6 Å². The van der Waals surface area contributed by atoms with Crippen molar-refractivity contribution in [2.24, 2.45) is 0 Å². The van der Waals surface area contributed by atoms with E-state index in [2.05, 4.69) is 9.88 Å². The summed E-state index contributed by atoms with van der Waals surface area (Å²) in [7, 11) is 0. The molecule has 1 aliphatic heterocycles. The number of thiazole rings is 1. The summed E-state index contributed by atoms with van der Waals surface area (Å²) in [4.78, 5) is 21.6. The van der Waals surface area contributed by atoms with Crippen molar-refractivity contribution in [2.45, 2.75) is 13.3 Å². The predicted molar refractivity (Wildman–Crippen MR) is 119 cm³/mol. The number of fused-ring (bicyclic) bond motifs is 1. The smallest absolute Gasteiger partial charge is 0.263 e. The highest BCUT2D eigenvalue weighted by Crippen LogP contribution is 2.36. The summed E-state index contributed by atoms with van der Waals surface area (Å²) in [6.07, 6.45) is 0.678. The molecule has 1 aliphatic rings. The lowest BCUT2D eigenvalue weighted by Crippen LogP contribution is -2.39. The SMILES string of the molecule is Cc1ccc(Cl)c2sc(N(CCCN3CCOCC3)C(=O)c3ccc(F)cc3F)nc12. The molecule has 0 unspecified atom stereocenters. The van der Waals surface area contributed by atoms with E-state index in [-0.39, 0.29) is 5.56 Å². The molecular formula is C22H22ClF2N3O2S. The van der Waals surface area contributed by atoms with Gasteiger partial charge < -0.3 is 4.74 Å². The Morgan fingerprint density at radius 3 is 2.74 bits per heavy atom. The third kappa shape index (κ3) is 4.87. The molecule has 1 amide bonds. The Morgan fingerprint density at radius 1 is 1.26 bits per heavy atom. The van der Waals surface area contributed by atoms with Crippen LogP contribution >= 0.6 is 22.9 Å². The molecule has 1 saturated heterocycles.